The van der Waals surface area contributed by atoms with Crippen LogP contribution in [0.25, 0.3) is 0 Å². The molecule has 0 fully saturated rings. The van der Waals surface area contributed by atoms with Crippen LogP contribution in [-0.4, -0.2) is 95.7 Å². The van der Waals surface area contributed by atoms with E-state index in [2.05, 4.69) is 80.0 Å². The van der Waals surface area contributed by atoms with E-state index >= 15 is 0 Å². The minimum atomic E-state index is -1.26. The van der Waals surface area contributed by atoms with Crippen molar-refractivity contribution in [3.05, 3.63) is 124 Å². The molecule has 4 aliphatic rings. The van der Waals surface area contributed by atoms with Gasteiger partial charge in [-0.05, 0) is 109 Å². The van der Waals surface area contributed by atoms with Crippen molar-refractivity contribution in [3.8, 4) is 23.0 Å². The van der Waals surface area contributed by atoms with Crippen molar-refractivity contribution >= 4 is 67.0 Å². The van der Waals surface area contributed by atoms with Crippen LogP contribution in [0.1, 0.15) is 56.3 Å². The van der Waals surface area contributed by atoms with Gasteiger partial charge in [-0.25, -0.2) is 9.59 Å². The molecule has 4 aromatic carbocycles. The first kappa shape index (κ1) is 41.8. The number of benzene rings is 4. The zero-order valence-corrected chi connectivity index (χ0v) is 35.5. The number of fused-ring (bicyclic) bond motifs is 4. The third-order valence-electron chi connectivity index (χ3n) is 10.4. The summed E-state index contributed by atoms with van der Waals surface area (Å²) in [6.45, 7) is 5.20. The molecule has 4 aromatic rings. The Morgan fingerprint density at radius 2 is 1.02 bits per heavy atom. The third-order valence-corrected chi connectivity index (χ3v) is 11.9. The summed E-state index contributed by atoms with van der Waals surface area (Å²) >= 11 is 19.6. The topological polar surface area (TPSA) is 140 Å². The summed E-state index contributed by atoms with van der Waals surface area (Å²) in [7, 11) is 4.28. The van der Waals surface area contributed by atoms with Gasteiger partial charge in [0.05, 0.1) is 23.3 Å². The van der Waals surface area contributed by atoms with Crippen LogP contribution in [0.15, 0.2) is 69.6 Å². The van der Waals surface area contributed by atoms with Gasteiger partial charge in [-0.15, -0.1) is 0 Å². The molecule has 0 saturated carbocycles. The number of hydrogen-bond acceptors (Lipinski definition) is 8. The van der Waals surface area contributed by atoms with Crippen molar-refractivity contribution in [1.82, 2.24) is 9.80 Å². The summed E-state index contributed by atoms with van der Waals surface area (Å²) in [5.74, 6) is 0.118. The zero-order valence-electron chi connectivity index (χ0n) is 30.8. The van der Waals surface area contributed by atoms with E-state index in [4.69, 9.17) is 42.9 Å². The molecule has 4 N–H and O–H groups in total. The molecular weight excluding hydrogens is 891 g/mol. The van der Waals surface area contributed by atoms with Gasteiger partial charge in [-0.3, -0.25) is 0 Å². The van der Waals surface area contributed by atoms with Gasteiger partial charge in [0.2, 0.25) is 0 Å². The molecule has 56 heavy (non-hydrogen) atoms. The predicted octanol–water partition coefficient (Wildman–Crippen LogP) is 8.44. The van der Waals surface area contributed by atoms with E-state index in [0.29, 0.717) is 22.2 Å². The minimum Gasteiger partial charge on any atom is -0.506 e. The number of phenolic OH excluding ortho intramolecular Hbond substituents is 2. The average Bonchev–Trinajstić information content (AvgIpc) is 3.75. The van der Waals surface area contributed by atoms with Crippen LogP contribution in [-0.2, 0) is 35.3 Å². The van der Waals surface area contributed by atoms with E-state index in [0.717, 1.165) is 96.6 Å². The lowest BCUT2D eigenvalue weighted by Crippen LogP contribution is -2.24. The second kappa shape index (κ2) is 18.2. The van der Waals surface area contributed by atoms with Crippen LogP contribution in [0.5, 0.6) is 23.0 Å². The fraction of sp³-hybridized carbons (Fsp3) is 0.333. The van der Waals surface area contributed by atoms with Crippen molar-refractivity contribution in [2.45, 2.75) is 37.5 Å². The second-order valence-electron chi connectivity index (χ2n) is 14.3. The van der Waals surface area contributed by atoms with Crippen LogP contribution >= 0.6 is 55.1 Å². The number of ether oxygens (including phenoxy) is 2. The van der Waals surface area contributed by atoms with Gasteiger partial charge in [0.25, 0.3) is 0 Å². The smallest absolute Gasteiger partial charge is 0.328 e. The Morgan fingerprint density at radius 1 is 0.625 bits per heavy atom. The fourth-order valence-corrected chi connectivity index (χ4v) is 9.15. The van der Waals surface area contributed by atoms with Gasteiger partial charge >= 0.3 is 11.9 Å². The Hall–Kier alpha value is -3.78. The average molecular weight is 934 g/mol. The molecule has 0 bridgehead atoms. The second-order valence-corrected chi connectivity index (χ2v) is 17.0. The lowest BCUT2D eigenvalue weighted by Gasteiger charge is -2.24. The van der Waals surface area contributed by atoms with Crippen LogP contribution < -0.4 is 9.47 Å². The largest absolute Gasteiger partial charge is 0.506 e. The van der Waals surface area contributed by atoms with Crippen LogP contribution in [0.2, 0.25) is 10.0 Å². The van der Waals surface area contributed by atoms with Crippen LogP contribution in [0, 0.1) is 0 Å². The first-order valence-electron chi connectivity index (χ1n) is 18.1. The van der Waals surface area contributed by atoms with Gasteiger partial charge in [-0.1, -0.05) is 55.1 Å². The van der Waals surface area contributed by atoms with Crippen molar-refractivity contribution in [3.63, 3.8) is 0 Å². The number of rotatable bonds is 4. The molecule has 10 nitrogen and oxygen atoms in total. The van der Waals surface area contributed by atoms with Crippen molar-refractivity contribution < 1.29 is 39.5 Å². The molecule has 14 heteroatoms. The van der Waals surface area contributed by atoms with Crippen molar-refractivity contribution in [1.29, 1.82) is 0 Å². The highest BCUT2D eigenvalue weighted by Crippen LogP contribution is 2.45. The van der Waals surface area contributed by atoms with Gasteiger partial charge < -0.3 is 39.7 Å². The number of aliphatic carboxylic acids is 2. The summed E-state index contributed by atoms with van der Waals surface area (Å²) in [6, 6.07) is 16.1. The summed E-state index contributed by atoms with van der Waals surface area (Å²) in [5, 5.41) is 36.8. The summed E-state index contributed by atoms with van der Waals surface area (Å²) < 4.78 is 14.1. The number of hydrogen-bond donors (Lipinski definition) is 4. The van der Waals surface area contributed by atoms with E-state index in [1.54, 1.807) is 0 Å². The molecule has 0 amide bonds. The summed E-state index contributed by atoms with van der Waals surface area (Å²) in [4.78, 5) is 23.8. The molecule has 4 heterocycles. The molecule has 0 radical (unpaired) electrons. The fourth-order valence-electron chi connectivity index (χ4n) is 7.73. The van der Waals surface area contributed by atoms with Gasteiger partial charge in [-0.2, -0.15) is 0 Å². The summed E-state index contributed by atoms with van der Waals surface area (Å²) in [6.07, 6.45) is 4.87. The SMILES string of the molecule is CN1CCc2cc(Cl)c(O)cc2[C@@H](c2cc(Br)cc3c2OCC3)C1.CN1CCc2cc(Cl)c(O)cc2[C@@H](c2cc(Br)cc3c2OCC3)C1.O=C(O)/C=C\C(=O)O. The number of phenols is 2. The minimum absolute atomic E-state index is 0.150. The maximum Gasteiger partial charge on any atom is 0.328 e. The number of carbonyl (C=O) groups is 2. The highest BCUT2D eigenvalue weighted by Gasteiger charge is 2.31. The maximum absolute atomic E-state index is 10.2. The van der Waals surface area contributed by atoms with Crippen LogP contribution in [0.4, 0.5) is 0 Å². The Morgan fingerprint density at radius 3 is 1.39 bits per heavy atom. The normalized spacial score (nSPS) is 18.7. The number of carboxylic acid groups (broad SMARTS) is 2. The molecular formula is C42H42Br2Cl2N2O8. The monoisotopic (exact) mass is 930 g/mol. The maximum atomic E-state index is 10.2. The highest BCUT2D eigenvalue weighted by atomic mass is 79.9. The van der Waals surface area contributed by atoms with Crippen molar-refractivity contribution in [2.75, 3.05) is 53.5 Å². The highest BCUT2D eigenvalue weighted by molar-refractivity contribution is 9.10. The third kappa shape index (κ3) is 9.84. The molecule has 0 saturated heterocycles. The Kier molecular flexibility index (Phi) is 13.6. The first-order chi connectivity index (χ1) is 26.7. The molecule has 8 rings (SSSR count). The quantitative estimate of drug-likeness (QED) is 0.148. The van der Waals surface area contributed by atoms with E-state index in [1.165, 1.54) is 33.4 Å². The van der Waals surface area contributed by atoms with Gasteiger partial charge in [0.15, 0.2) is 0 Å². The standard InChI is InChI=1S/2C19H19BrClNO2.C4H4O4/c2*1-22-4-2-11-7-17(21)18(23)9-14(11)16(10-22)15-8-13(20)6-12-3-5-24-19(12)15;5-3(6)1-2-4(7)8/h2*6-9,16,23H,2-5,10H2,1H3;1-2H,(H,5,6)(H,7,8)/b;;2-1-/t2*16-;/m00./s1. The summed E-state index contributed by atoms with van der Waals surface area (Å²) in [5.41, 5.74) is 9.60. The number of nitrogens with zero attached hydrogens (tertiary/aromatic N) is 2. The molecule has 0 spiro atoms. The molecule has 296 valence electrons. The van der Waals surface area contributed by atoms with E-state index in [-0.39, 0.29) is 23.3 Å². The molecule has 0 aliphatic carbocycles. The Bertz CT molecular complexity index is 2030. The molecule has 0 aromatic heterocycles. The number of carboxylic acids is 2. The number of halogens is 4. The van der Waals surface area contributed by atoms with Gasteiger partial charge in [0.1, 0.15) is 23.0 Å². The van der Waals surface area contributed by atoms with E-state index in [9.17, 15) is 19.8 Å². The molecule has 4 aliphatic heterocycles. The first-order valence-corrected chi connectivity index (χ1v) is 20.5. The predicted molar refractivity (Wildman–Crippen MR) is 223 cm³/mol. The van der Waals surface area contributed by atoms with E-state index < -0.39 is 11.9 Å². The molecule has 2 atom stereocenters. The Balaban J connectivity index is 0.000000160. The van der Waals surface area contributed by atoms with Crippen LogP contribution in [0.3, 0.4) is 0 Å². The zero-order chi connectivity index (χ0) is 40.3. The number of likely N-dealkylation sites (N-methyl/N-ethyl adjacent to an activating group) is 2. The van der Waals surface area contributed by atoms with E-state index in [1.807, 2.05) is 24.3 Å². The van der Waals surface area contributed by atoms with Crippen molar-refractivity contribution in [2.24, 2.45) is 0 Å². The van der Waals surface area contributed by atoms with Gasteiger partial charge in [0, 0.05) is 83.1 Å². The molecule has 0 unspecified atom stereocenters. The lowest BCUT2D eigenvalue weighted by atomic mass is 9.86. The lowest BCUT2D eigenvalue weighted by molar-refractivity contribution is -0.134. The number of aromatic hydroxyl groups is 2. The Labute approximate surface area is 352 Å².